The Bertz CT molecular complexity index is 654. The monoisotopic (exact) mass is 276 g/mol. The highest BCUT2D eigenvalue weighted by atomic mass is 16.1. The van der Waals surface area contributed by atoms with Crippen LogP contribution in [-0.2, 0) is 0 Å². The van der Waals surface area contributed by atoms with Crippen molar-refractivity contribution in [3.8, 4) is 0 Å². The van der Waals surface area contributed by atoms with Gasteiger partial charge < -0.3 is 10.6 Å². The molecule has 0 aromatic carbocycles. The van der Waals surface area contributed by atoms with Gasteiger partial charge in [-0.15, -0.1) is 0 Å². The van der Waals surface area contributed by atoms with Gasteiger partial charge in [-0.25, -0.2) is 19.3 Å². The van der Waals surface area contributed by atoms with E-state index in [1.54, 1.807) is 0 Å². The lowest BCUT2D eigenvalue weighted by atomic mass is 10.2. The first kappa shape index (κ1) is 13.1. The highest BCUT2D eigenvalue weighted by Crippen LogP contribution is 2.27. The van der Waals surface area contributed by atoms with E-state index < -0.39 is 0 Å². The number of nitrogens with two attached hydrogens (primary N) is 1. The third-order valence-corrected chi connectivity index (χ3v) is 3.99. The van der Waals surface area contributed by atoms with Crippen LogP contribution in [0.2, 0.25) is 0 Å². The second-order valence-corrected chi connectivity index (χ2v) is 5.30. The van der Waals surface area contributed by atoms with E-state index in [-0.39, 0.29) is 5.69 Å². The Morgan fingerprint density at radius 1 is 1.50 bits per heavy atom. The lowest BCUT2D eigenvalue weighted by Crippen LogP contribution is -2.38. The SMILES string of the molecule is Cc1nc(N(CCN)C2CCCC2)cc2n[nH]c(=O)n12. The number of hydrogen-bond acceptors (Lipinski definition) is 5. The van der Waals surface area contributed by atoms with Crippen LogP contribution in [0, 0.1) is 6.92 Å². The summed E-state index contributed by atoms with van der Waals surface area (Å²) in [6, 6.07) is 2.36. The predicted octanol–water partition coefficient (Wildman–Crippen LogP) is 0.434. The summed E-state index contributed by atoms with van der Waals surface area (Å²) in [4.78, 5) is 18.5. The maximum absolute atomic E-state index is 11.6. The fraction of sp³-hybridized carbons (Fsp3) is 0.615. The van der Waals surface area contributed by atoms with Crippen molar-refractivity contribution in [3.63, 3.8) is 0 Å². The predicted molar refractivity (Wildman–Crippen MR) is 77.0 cm³/mol. The van der Waals surface area contributed by atoms with Crippen LogP contribution < -0.4 is 16.3 Å². The minimum atomic E-state index is -0.247. The molecule has 0 saturated heterocycles. The van der Waals surface area contributed by atoms with Gasteiger partial charge in [0.2, 0.25) is 0 Å². The quantitative estimate of drug-likeness (QED) is 0.845. The number of aromatic nitrogens is 4. The molecule has 3 N–H and O–H groups in total. The number of H-pyrrole nitrogens is 1. The van der Waals surface area contributed by atoms with Gasteiger partial charge in [-0.2, -0.15) is 5.10 Å². The number of anilines is 1. The third kappa shape index (κ3) is 2.18. The van der Waals surface area contributed by atoms with Crippen molar-refractivity contribution in [2.45, 2.75) is 38.6 Å². The summed E-state index contributed by atoms with van der Waals surface area (Å²) in [6.07, 6.45) is 4.88. The van der Waals surface area contributed by atoms with Crippen molar-refractivity contribution in [3.05, 3.63) is 22.4 Å². The first-order chi connectivity index (χ1) is 9.70. The molecular weight excluding hydrogens is 256 g/mol. The zero-order valence-electron chi connectivity index (χ0n) is 11.7. The number of nitrogens with zero attached hydrogens (tertiary/aromatic N) is 4. The molecule has 0 bridgehead atoms. The van der Waals surface area contributed by atoms with Crippen LogP contribution in [0.15, 0.2) is 10.9 Å². The van der Waals surface area contributed by atoms with Gasteiger partial charge in [-0.05, 0) is 19.8 Å². The van der Waals surface area contributed by atoms with Gasteiger partial charge in [0.05, 0.1) is 0 Å². The molecule has 1 aliphatic carbocycles. The van der Waals surface area contributed by atoms with Crippen LogP contribution in [0.25, 0.3) is 5.65 Å². The first-order valence-corrected chi connectivity index (χ1v) is 7.12. The summed E-state index contributed by atoms with van der Waals surface area (Å²) < 4.78 is 1.48. The van der Waals surface area contributed by atoms with Crippen LogP contribution in [-0.4, -0.2) is 38.7 Å². The second kappa shape index (κ2) is 5.24. The molecule has 1 fully saturated rings. The van der Waals surface area contributed by atoms with Crippen molar-refractivity contribution in [1.29, 1.82) is 0 Å². The van der Waals surface area contributed by atoms with Crippen molar-refractivity contribution >= 4 is 11.5 Å². The van der Waals surface area contributed by atoms with Gasteiger partial charge >= 0.3 is 5.69 Å². The summed E-state index contributed by atoms with van der Waals surface area (Å²) >= 11 is 0. The molecule has 7 nitrogen and oxygen atoms in total. The molecule has 0 radical (unpaired) electrons. The highest BCUT2D eigenvalue weighted by molar-refractivity contribution is 5.52. The average Bonchev–Trinajstić information content (AvgIpc) is 3.06. The smallest absolute Gasteiger partial charge is 0.349 e. The van der Waals surface area contributed by atoms with E-state index in [1.807, 2.05) is 13.0 Å². The lowest BCUT2D eigenvalue weighted by molar-refractivity contribution is 0.600. The molecular formula is C13H20N6O. The number of nitrogens with one attached hydrogen (secondary N) is 1. The Morgan fingerprint density at radius 3 is 2.95 bits per heavy atom. The fourth-order valence-corrected chi connectivity index (χ4v) is 3.07. The maximum atomic E-state index is 11.6. The first-order valence-electron chi connectivity index (χ1n) is 7.12. The van der Waals surface area contributed by atoms with Crippen molar-refractivity contribution in [1.82, 2.24) is 19.6 Å². The van der Waals surface area contributed by atoms with Gasteiger partial charge in [0.1, 0.15) is 11.6 Å². The Kier molecular flexibility index (Phi) is 3.43. The summed E-state index contributed by atoms with van der Waals surface area (Å²) in [5.74, 6) is 1.52. The maximum Gasteiger partial charge on any atom is 0.349 e. The molecule has 3 rings (SSSR count). The van der Waals surface area contributed by atoms with Gasteiger partial charge in [0, 0.05) is 25.2 Å². The number of aromatic amines is 1. The Hall–Kier alpha value is -1.89. The molecule has 0 unspecified atom stereocenters. The van der Waals surface area contributed by atoms with Crippen LogP contribution >= 0.6 is 0 Å². The van der Waals surface area contributed by atoms with Gasteiger partial charge in [-0.1, -0.05) is 12.8 Å². The minimum Gasteiger partial charge on any atom is -0.352 e. The van der Waals surface area contributed by atoms with E-state index in [1.165, 1.54) is 30.1 Å². The largest absolute Gasteiger partial charge is 0.352 e. The topological polar surface area (TPSA) is 92.3 Å². The Labute approximate surface area is 116 Å². The van der Waals surface area contributed by atoms with E-state index in [0.717, 1.165) is 12.4 Å². The molecule has 1 aliphatic rings. The van der Waals surface area contributed by atoms with E-state index in [0.29, 0.717) is 24.1 Å². The molecule has 0 atom stereocenters. The van der Waals surface area contributed by atoms with E-state index in [9.17, 15) is 4.79 Å². The minimum absolute atomic E-state index is 0.247. The standard InChI is InChI=1S/C13H20N6O/c1-9-15-11(8-12-16-17-13(20)19(9)12)18(7-6-14)10-4-2-3-5-10/h8,10H,2-7,14H2,1H3,(H,17,20). The van der Waals surface area contributed by atoms with Crippen molar-refractivity contribution in [2.75, 3.05) is 18.0 Å². The third-order valence-electron chi connectivity index (χ3n) is 3.99. The molecule has 1 saturated carbocycles. The molecule has 108 valence electrons. The van der Waals surface area contributed by atoms with Gasteiger partial charge in [0.25, 0.3) is 0 Å². The van der Waals surface area contributed by atoms with Crippen LogP contribution in [0.4, 0.5) is 5.82 Å². The normalized spacial score (nSPS) is 16.1. The molecule has 0 amide bonds. The fourth-order valence-electron chi connectivity index (χ4n) is 3.07. The molecule has 7 heteroatoms. The lowest BCUT2D eigenvalue weighted by Gasteiger charge is -2.29. The zero-order valence-corrected chi connectivity index (χ0v) is 11.7. The summed E-state index contributed by atoms with van der Waals surface area (Å²) in [5.41, 5.74) is 6.10. The molecule has 2 aromatic rings. The highest BCUT2D eigenvalue weighted by Gasteiger charge is 2.24. The van der Waals surface area contributed by atoms with E-state index >= 15 is 0 Å². The molecule has 2 aromatic heterocycles. The van der Waals surface area contributed by atoms with E-state index in [2.05, 4.69) is 20.1 Å². The number of rotatable bonds is 4. The van der Waals surface area contributed by atoms with Crippen molar-refractivity contribution in [2.24, 2.45) is 5.73 Å². The molecule has 0 aliphatic heterocycles. The summed E-state index contributed by atoms with van der Waals surface area (Å²) in [5, 5.41) is 6.50. The molecule has 20 heavy (non-hydrogen) atoms. The second-order valence-electron chi connectivity index (χ2n) is 5.30. The van der Waals surface area contributed by atoms with Crippen LogP contribution in [0.5, 0.6) is 0 Å². The molecule has 0 spiro atoms. The van der Waals surface area contributed by atoms with Crippen LogP contribution in [0.1, 0.15) is 31.5 Å². The Balaban J connectivity index is 2.03. The van der Waals surface area contributed by atoms with Gasteiger partial charge in [-0.3, -0.25) is 0 Å². The number of hydrogen-bond donors (Lipinski definition) is 2. The Morgan fingerprint density at radius 2 is 2.25 bits per heavy atom. The zero-order chi connectivity index (χ0) is 14.1. The van der Waals surface area contributed by atoms with Crippen molar-refractivity contribution < 1.29 is 0 Å². The number of aryl methyl sites for hydroxylation is 1. The van der Waals surface area contributed by atoms with E-state index in [4.69, 9.17) is 5.73 Å². The molecule has 2 heterocycles. The summed E-state index contributed by atoms with van der Waals surface area (Å²) in [6.45, 7) is 3.19. The average molecular weight is 276 g/mol. The van der Waals surface area contributed by atoms with Crippen LogP contribution in [0.3, 0.4) is 0 Å². The van der Waals surface area contributed by atoms with Gasteiger partial charge in [0.15, 0.2) is 5.65 Å². The number of fused-ring (bicyclic) bond motifs is 1. The summed E-state index contributed by atoms with van der Waals surface area (Å²) in [7, 11) is 0.